The zero-order chi connectivity index (χ0) is 12.9. The summed E-state index contributed by atoms with van der Waals surface area (Å²) in [5.41, 5.74) is 0.0586. The van der Waals surface area contributed by atoms with Crippen molar-refractivity contribution in [3.05, 3.63) is 35.4 Å². The Morgan fingerprint density at radius 1 is 1.18 bits per heavy atom. The number of nitrogens with zero attached hydrogens (tertiary/aromatic N) is 1. The number of alkyl halides is 5. The van der Waals surface area contributed by atoms with Gasteiger partial charge in [0, 0.05) is 11.1 Å². The van der Waals surface area contributed by atoms with Crippen LogP contribution in [0.3, 0.4) is 0 Å². The van der Waals surface area contributed by atoms with Gasteiger partial charge in [-0.2, -0.15) is 13.2 Å². The average Bonchev–Trinajstić information content (AvgIpc) is 2.24. The molecule has 0 aliphatic rings. The highest BCUT2D eigenvalue weighted by molar-refractivity contribution is 5.79. The van der Waals surface area contributed by atoms with Crippen molar-refractivity contribution in [3.63, 3.8) is 0 Å². The van der Waals surface area contributed by atoms with Gasteiger partial charge in [-0.15, -0.1) is 0 Å². The highest BCUT2D eigenvalue weighted by Crippen LogP contribution is 2.18. The van der Waals surface area contributed by atoms with Crippen molar-refractivity contribution in [2.45, 2.75) is 12.6 Å². The van der Waals surface area contributed by atoms with Crippen molar-refractivity contribution < 1.29 is 26.8 Å². The van der Waals surface area contributed by atoms with E-state index in [-0.39, 0.29) is 11.1 Å². The van der Waals surface area contributed by atoms with Crippen molar-refractivity contribution >= 4 is 6.21 Å². The van der Waals surface area contributed by atoms with Gasteiger partial charge in [0.25, 0.3) is 6.43 Å². The highest BCUT2D eigenvalue weighted by Gasteiger charge is 2.28. The van der Waals surface area contributed by atoms with E-state index in [2.05, 4.69) is 16.2 Å². The fourth-order valence-electron chi connectivity index (χ4n) is 0.894. The summed E-state index contributed by atoms with van der Waals surface area (Å²) >= 11 is 0. The summed E-state index contributed by atoms with van der Waals surface area (Å²) in [6.07, 6.45) is -4.92. The maximum Gasteiger partial charge on any atom is 0.425 e. The smallest absolute Gasteiger partial charge is 0.386 e. The maximum absolute atomic E-state index is 12.1. The number of hydrogen-bond acceptors (Lipinski definition) is 2. The number of halogens is 5. The topological polar surface area (TPSA) is 21.6 Å². The van der Waals surface area contributed by atoms with E-state index in [0.717, 1.165) is 12.1 Å². The number of benzene rings is 1. The van der Waals surface area contributed by atoms with Crippen LogP contribution in [0.5, 0.6) is 0 Å². The fourth-order valence-corrected chi connectivity index (χ4v) is 0.894. The Kier molecular flexibility index (Phi) is 4.42. The third-order valence-corrected chi connectivity index (χ3v) is 1.63. The van der Waals surface area contributed by atoms with Gasteiger partial charge in [-0.05, 0) is 0 Å². The summed E-state index contributed by atoms with van der Waals surface area (Å²) in [7, 11) is 0. The predicted molar refractivity (Wildman–Crippen MR) is 49.9 cm³/mol. The van der Waals surface area contributed by atoms with Crippen molar-refractivity contribution in [3.8, 4) is 0 Å². The molecule has 0 spiro atoms. The van der Waals surface area contributed by atoms with Gasteiger partial charge in [-0.3, -0.25) is 0 Å². The minimum atomic E-state index is -4.47. The molecule has 17 heavy (non-hydrogen) atoms. The second-order valence-electron chi connectivity index (χ2n) is 3.01. The molecular formula is C10H7F5NO. The molecule has 1 radical (unpaired) electrons. The van der Waals surface area contributed by atoms with Gasteiger partial charge in [-0.25, -0.2) is 8.78 Å². The Morgan fingerprint density at radius 2 is 1.76 bits per heavy atom. The molecule has 0 amide bonds. The fraction of sp³-hybridized carbons (Fsp3) is 0.300. The van der Waals surface area contributed by atoms with Crippen molar-refractivity contribution in [1.29, 1.82) is 0 Å². The largest absolute Gasteiger partial charge is 0.425 e. The van der Waals surface area contributed by atoms with Gasteiger partial charge in [0.15, 0.2) is 0 Å². The van der Waals surface area contributed by atoms with Gasteiger partial charge >= 0.3 is 6.18 Å². The van der Waals surface area contributed by atoms with Crippen LogP contribution in [0.1, 0.15) is 17.6 Å². The number of rotatable bonds is 4. The monoisotopic (exact) mass is 252 g/mol. The minimum Gasteiger partial charge on any atom is -0.386 e. The Morgan fingerprint density at radius 3 is 2.24 bits per heavy atom. The van der Waals surface area contributed by atoms with Crippen LogP contribution >= 0.6 is 0 Å². The van der Waals surface area contributed by atoms with E-state index in [1.807, 2.05) is 0 Å². The van der Waals surface area contributed by atoms with E-state index in [0.29, 0.717) is 0 Å². The first-order valence-electron chi connectivity index (χ1n) is 4.41. The molecule has 2 nitrogen and oxygen atoms in total. The lowest BCUT2D eigenvalue weighted by molar-refractivity contribution is -0.173. The molecule has 1 aromatic carbocycles. The molecule has 0 saturated carbocycles. The first-order valence-corrected chi connectivity index (χ1v) is 4.41. The molecule has 0 N–H and O–H groups in total. The van der Waals surface area contributed by atoms with Gasteiger partial charge in [-0.1, -0.05) is 29.4 Å². The number of hydrogen-bond donors (Lipinski definition) is 0. The van der Waals surface area contributed by atoms with Crippen LogP contribution in [-0.4, -0.2) is 19.0 Å². The SMILES string of the molecule is FC(F)c1ccc(/[C]=N\OCC(F)(F)F)cc1. The first kappa shape index (κ1) is 13.4. The molecule has 1 aromatic rings. The molecule has 0 saturated heterocycles. The van der Waals surface area contributed by atoms with Crippen LogP contribution in [0.25, 0.3) is 0 Å². The van der Waals surface area contributed by atoms with E-state index in [9.17, 15) is 22.0 Å². The maximum atomic E-state index is 12.1. The van der Waals surface area contributed by atoms with Crippen LogP contribution in [0, 0.1) is 0 Å². The molecule has 0 bridgehead atoms. The van der Waals surface area contributed by atoms with Crippen LogP contribution in [0.2, 0.25) is 0 Å². The zero-order valence-electron chi connectivity index (χ0n) is 8.34. The third-order valence-electron chi connectivity index (χ3n) is 1.63. The quantitative estimate of drug-likeness (QED) is 0.457. The van der Waals surface area contributed by atoms with E-state index in [1.165, 1.54) is 12.1 Å². The molecule has 0 aromatic heterocycles. The summed E-state index contributed by atoms with van der Waals surface area (Å²) in [5.74, 6) is 0. The van der Waals surface area contributed by atoms with Gasteiger partial charge in [0.1, 0.15) is 6.21 Å². The molecular weight excluding hydrogens is 245 g/mol. The molecule has 0 aliphatic heterocycles. The van der Waals surface area contributed by atoms with E-state index in [4.69, 9.17) is 0 Å². The molecule has 7 heteroatoms. The van der Waals surface area contributed by atoms with Gasteiger partial charge in [0.2, 0.25) is 6.61 Å². The zero-order valence-corrected chi connectivity index (χ0v) is 8.34. The molecule has 0 unspecified atom stereocenters. The van der Waals surface area contributed by atoms with Gasteiger partial charge in [0.05, 0.1) is 0 Å². The van der Waals surface area contributed by atoms with E-state index in [1.54, 1.807) is 0 Å². The molecule has 0 aliphatic carbocycles. The first-order chi connectivity index (χ1) is 7.88. The highest BCUT2D eigenvalue weighted by atomic mass is 19.4. The Labute approximate surface area is 93.7 Å². The van der Waals surface area contributed by atoms with Crippen molar-refractivity contribution in [1.82, 2.24) is 0 Å². The van der Waals surface area contributed by atoms with E-state index < -0.39 is 19.2 Å². The lowest BCUT2D eigenvalue weighted by atomic mass is 10.1. The Bertz CT molecular complexity index is 371. The van der Waals surface area contributed by atoms with E-state index >= 15 is 0 Å². The van der Waals surface area contributed by atoms with Crippen LogP contribution < -0.4 is 0 Å². The molecule has 0 heterocycles. The summed E-state index contributed by atoms with van der Waals surface area (Å²) < 4.78 is 59.2. The van der Waals surface area contributed by atoms with Crippen LogP contribution in [0.15, 0.2) is 29.4 Å². The molecule has 0 fully saturated rings. The van der Waals surface area contributed by atoms with Crippen molar-refractivity contribution in [2.75, 3.05) is 6.61 Å². The standard InChI is InChI=1S/C10H7F5NO/c11-9(12)8-3-1-7(2-4-8)5-16-17-6-10(13,14)15/h1-4,9H,6H2. The van der Waals surface area contributed by atoms with Crippen LogP contribution in [0.4, 0.5) is 22.0 Å². The second kappa shape index (κ2) is 5.60. The predicted octanol–water partition coefficient (Wildman–Crippen LogP) is 3.41. The summed E-state index contributed by atoms with van der Waals surface area (Å²) in [6, 6.07) is 4.77. The van der Waals surface area contributed by atoms with Crippen LogP contribution in [-0.2, 0) is 4.84 Å². The second-order valence-corrected chi connectivity index (χ2v) is 3.01. The minimum absolute atomic E-state index is 0.188. The lowest BCUT2D eigenvalue weighted by Gasteiger charge is -2.02. The summed E-state index contributed by atoms with van der Waals surface area (Å²) in [4.78, 5) is 3.92. The summed E-state index contributed by atoms with van der Waals surface area (Å²) in [6.45, 7) is -1.52. The van der Waals surface area contributed by atoms with Crippen molar-refractivity contribution in [2.24, 2.45) is 5.16 Å². The Hall–Kier alpha value is -1.66. The Balaban J connectivity index is 2.49. The third kappa shape index (κ3) is 5.28. The van der Waals surface area contributed by atoms with Gasteiger partial charge < -0.3 is 4.84 Å². The molecule has 1 rings (SSSR count). The normalized spacial score (nSPS) is 12.4. The molecule has 0 atom stereocenters. The summed E-state index contributed by atoms with van der Waals surface area (Å²) in [5, 5.41) is 2.94. The average molecular weight is 252 g/mol. The lowest BCUT2D eigenvalue weighted by Crippen LogP contribution is -2.14. The molecule has 93 valence electrons.